The van der Waals surface area contributed by atoms with Crippen molar-refractivity contribution in [2.24, 2.45) is 0 Å². The Labute approximate surface area is 166 Å². The van der Waals surface area contributed by atoms with E-state index in [9.17, 15) is 4.79 Å². The summed E-state index contributed by atoms with van der Waals surface area (Å²) in [4.78, 5) is 15.6. The molecule has 29 heavy (non-hydrogen) atoms. The second-order valence-corrected chi connectivity index (χ2v) is 6.36. The average Bonchev–Trinajstić information content (AvgIpc) is 3.29. The number of carbonyl (C=O) groups excluding carboxylic acids is 1. The second kappa shape index (κ2) is 8.91. The van der Waals surface area contributed by atoms with Crippen molar-refractivity contribution in [3.8, 4) is 6.26 Å². The summed E-state index contributed by atoms with van der Waals surface area (Å²) < 4.78 is 33.2. The van der Waals surface area contributed by atoms with Crippen LogP contribution in [-0.4, -0.2) is 59.3 Å². The molecule has 0 bridgehead atoms. The number of hydrogen-bond acceptors (Lipinski definition) is 11. The van der Waals surface area contributed by atoms with Crippen molar-refractivity contribution in [2.75, 3.05) is 19.5 Å². The highest BCUT2D eigenvalue weighted by Gasteiger charge is 2.45. The molecule has 4 atom stereocenters. The van der Waals surface area contributed by atoms with Crippen molar-refractivity contribution in [3.63, 3.8) is 0 Å². The highest BCUT2D eigenvalue weighted by molar-refractivity contribution is 5.65. The summed E-state index contributed by atoms with van der Waals surface area (Å²) in [7, 11) is 1.40. The van der Waals surface area contributed by atoms with Crippen LogP contribution in [0.25, 0.3) is 5.52 Å². The zero-order chi connectivity index (χ0) is 21.0. The Morgan fingerprint density at radius 1 is 1.41 bits per heavy atom. The normalized spacial score (nSPS) is 22.4. The number of nitrogens with zero attached hydrogens (tertiary/aromatic N) is 4. The SMILES string of the molecule is COC1O[C@H]([C@@H](COC(=O)OC(C)C)OC#N)[C@H](c2ccc3c(N)ncnn23)O1. The molecule has 1 aliphatic heterocycles. The van der Waals surface area contributed by atoms with Gasteiger partial charge in [0.15, 0.2) is 11.9 Å². The standard InChI is InChI=1S/C17H21N5O7/c1-9(2)27-16(23)25-6-12(26-7-18)14-13(28-17(24-3)29-14)10-4-5-11-15(19)20-8-21-22(10)11/h4-5,8-9,12-14,17H,6H2,1-3H3,(H2,19,20,21)/t12-,13+,14-,17?/m1/s1. The highest BCUT2D eigenvalue weighted by atomic mass is 16.9. The van der Waals surface area contributed by atoms with E-state index in [0.29, 0.717) is 11.2 Å². The Bertz CT molecular complexity index is 896. The molecule has 0 spiro atoms. The van der Waals surface area contributed by atoms with E-state index in [-0.39, 0.29) is 18.5 Å². The predicted octanol–water partition coefficient (Wildman–Crippen LogP) is 1.13. The van der Waals surface area contributed by atoms with Crippen molar-refractivity contribution in [1.82, 2.24) is 14.6 Å². The first kappa shape index (κ1) is 20.6. The van der Waals surface area contributed by atoms with Gasteiger partial charge in [-0.3, -0.25) is 0 Å². The first-order chi connectivity index (χ1) is 13.9. The summed E-state index contributed by atoms with van der Waals surface area (Å²) in [6, 6.07) is 3.46. The van der Waals surface area contributed by atoms with E-state index >= 15 is 0 Å². The fourth-order valence-corrected chi connectivity index (χ4v) is 2.89. The van der Waals surface area contributed by atoms with Crippen LogP contribution in [0.1, 0.15) is 25.6 Å². The Hall–Kier alpha value is -3.14. The van der Waals surface area contributed by atoms with Crippen molar-refractivity contribution in [1.29, 1.82) is 5.26 Å². The molecule has 1 aliphatic rings. The van der Waals surface area contributed by atoms with E-state index in [1.165, 1.54) is 13.4 Å². The van der Waals surface area contributed by atoms with E-state index < -0.39 is 30.9 Å². The summed E-state index contributed by atoms with van der Waals surface area (Å²) >= 11 is 0. The molecule has 0 aliphatic carbocycles. The molecule has 0 saturated carbocycles. The van der Waals surface area contributed by atoms with Gasteiger partial charge in [0.1, 0.15) is 30.7 Å². The first-order valence-corrected chi connectivity index (χ1v) is 8.74. The zero-order valence-electron chi connectivity index (χ0n) is 16.0. The number of methoxy groups -OCH3 is 1. The van der Waals surface area contributed by atoms with Gasteiger partial charge < -0.3 is 34.2 Å². The number of aromatic nitrogens is 3. The maximum Gasteiger partial charge on any atom is 0.508 e. The monoisotopic (exact) mass is 407 g/mol. The third-order valence-electron chi connectivity index (χ3n) is 4.09. The molecule has 2 N–H and O–H groups in total. The number of fused-ring (bicyclic) bond motifs is 1. The Balaban J connectivity index is 1.85. The molecule has 3 heterocycles. The van der Waals surface area contributed by atoms with E-state index in [2.05, 4.69) is 10.1 Å². The summed E-state index contributed by atoms with van der Waals surface area (Å²) in [5, 5.41) is 13.2. The van der Waals surface area contributed by atoms with Crippen molar-refractivity contribution in [2.45, 2.75) is 44.7 Å². The van der Waals surface area contributed by atoms with E-state index in [1.54, 1.807) is 36.8 Å². The largest absolute Gasteiger partial charge is 0.508 e. The number of nitriles is 1. The van der Waals surface area contributed by atoms with Crippen molar-refractivity contribution in [3.05, 3.63) is 24.2 Å². The molecular weight excluding hydrogens is 386 g/mol. The number of carbonyl (C=O) groups is 1. The fraction of sp³-hybridized carbons (Fsp3) is 0.529. The molecular formula is C17H21N5O7. The molecule has 0 radical (unpaired) electrons. The van der Waals surface area contributed by atoms with Crippen molar-refractivity contribution >= 4 is 17.5 Å². The quantitative estimate of drug-likeness (QED) is 0.519. The molecule has 1 unspecified atom stereocenters. The molecule has 1 fully saturated rings. The summed E-state index contributed by atoms with van der Waals surface area (Å²) in [5.74, 6) is 0.287. The van der Waals surface area contributed by atoms with Gasteiger partial charge in [-0.2, -0.15) is 10.4 Å². The van der Waals surface area contributed by atoms with Gasteiger partial charge in [-0.1, -0.05) is 0 Å². The van der Waals surface area contributed by atoms with Gasteiger partial charge in [0.25, 0.3) is 12.7 Å². The molecule has 2 aromatic rings. The van der Waals surface area contributed by atoms with Gasteiger partial charge in [0, 0.05) is 7.11 Å². The van der Waals surface area contributed by atoms with Crippen LogP contribution in [0.15, 0.2) is 18.5 Å². The number of hydrogen-bond donors (Lipinski definition) is 1. The minimum Gasteiger partial charge on any atom is -0.432 e. The molecule has 3 rings (SSSR count). The third kappa shape index (κ3) is 4.48. The smallest absolute Gasteiger partial charge is 0.432 e. The van der Waals surface area contributed by atoms with Gasteiger partial charge in [-0.25, -0.2) is 14.3 Å². The Morgan fingerprint density at radius 3 is 2.90 bits per heavy atom. The average molecular weight is 407 g/mol. The Morgan fingerprint density at radius 2 is 2.21 bits per heavy atom. The lowest BCUT2D eigenvalue weighted by atomic mass is 10.1. The van der Waals surface area contributed by atoms with Gasteiger partial charge in [-0.05, 0) is 26.0 Å². The number of rotatable bonds is 7. The van der Waals surface area contributed by atoms with Crippen LogP contribution in [0, 0.1) is 11.5 Å². The van der Waals surface area contributed by atoms with E-state index in [1.807, 2.05) is 0 Å². The minimum atomic E-state index is -1.03. The topological polar surface area (TPSA) is 152 Å². The lowest BCUT2D eigenvalue weighted by Crippen LogP contribution is -2.37. The maximum absolute atomic E-state index is 11.7. The second-order valence-electron chi connectivity index (χ2n) is 6.36. The van der Waals surface area contributed by atoms with Crippen LogP contribution >= 0.6 is 0 Å². The van der Waals surface area contributed by atoms with Crippen LogP contribution in [-0.2, 0) is 28.4 Å². The molecule has 156 valence electrons. The summed E-state index contributed by atoms with van der Waals surface area (Å²) in [6.07, 6.45) is -0.963. The van der Waals surface area contributed by atoms with Crippen LogP contribution in [0.3, 0.4) is 0 Å². The fourth-order valence-electron chi connectivity index (χ4n) is 2.89. The van der Waals surface area contributed by atoms with Gasteiger partial charge in [0.05, 0.1) is 11.8 Å². The molecule has 12 nitrogen and oxygen atoms in total. The summed E-state index contributed by atoms with van der Waals surface area (Å²) in [5.41, 5.74) is 7.01. The number of ether oxygens (including phenoxy) is 6. The van der Waals surface area contributed by atoms with E-state index in [4.69, 9.17) is 39.4 Å². The van der Waals surface area contributed by atoms with Gasteiger partial charge >= 0.3 is 6.16 Å². The molecule has 1 saturated heterocycles. The minimum absolute atomic E-state index is 0.287. The zero-order valence-corrected chi connectivity index (χ0v) is 16.0. The van der Waals surface area contributed by atoms with Gasteiger partial charge in [-0.15, -0.1) is 0 Å². The lowest BCUT2D eigenvalue weighted by molar-refractivity contribution is -0.234. The maximum atomic E-state index is 11.7. The Kier molecular flexibility index (Phi) is 6.32. The first-order valence-electron chi connectivity index (χ1n) is 8.74. The van der Waals surface area contributed by atoms with E-state index in [0.717, 1.165) is 0 Å². The van der Waals surface area contributed by atoms with Crippen molar-refractivity contribution < 1.29 is 33.2 Å². The lowest BCUT2D eigenvalue weighted by Gasteiger charge is -2.23. The molecule has 12 heteroatoms. The molecule has 0 amide bonds. The van der Waals surface area contributed by atoms with Crippen LogP contribution < -0.4 is 5.73 Å². The van der Waals surface area contributed by atoms with Crippen LogP contribution in [0.5, 0.6) is 0 Å². The third-order valence-corrected chi connectivity index (χ3v) is 4.09. The number of nitrogens with two attached hydrogens (primary N) is 1. The van der Waals surface area contributed by atoms with Crippen LogP contribution in [0.4, 0.5) is 10.6 Å². The molecule has 2 aromatic heterocycles. The highest BCUT2D eigenvalue weighted by Crippen LogP contribution is 2.36. The van der Waals surface area contributed by atoms with Gasteiger partial charge in [0.2, 0.25) is 0 Å². The predicted molar refractivity (Wildman–Crippen MR) is 95.0 cm³/mol. The summed E-state index contributed by atoms with van der Waals surface area (Å²) in [6.45, 7) is 2.04. The number of nitrogen functional groups attached to an aromatic ring is 1. The number of anilines is 1. The molecule has 0 aromatic carbocycles. The van der Waals surface area contributed by atoms with Crippen LogP contribution in [0.2, 0.25) is 0 Å².